The molecule has 0 aliphatic heterocycles. The molecule has 0 aliphatic rings. The Morgan fingerprint density at radius 2 is 2.12 bits per heavy atom. The number of nitrogens with one attached hydrogen (secondary N) is 1. The molecule has 1 rings (SSSR count). The number of hydrogen-bond acceptors (Lipinski definition) is 3. The summed E-state index contributed by atoms with van der Waals surface area (Å²) in [5.74, 6) is 1.61. The molecule has 1 aromatic rings. The van der Waals surface area contributed by atoms with Gasteiger partial charge >= 0.3 is 0 Å². The molecule has 0 spiro atoms. The van der Waals surface area contributed by atoms with Crippen LogP contribution in [0.1, 0.15) is 39.2 Å². The number of nitrogen functional groups attached to an aromatic ring is 1. The van der Waals surface area contributed by atoms with E-state index in [1.54, 1.807) is 0 Å². The van der Waals surface area contributed by atoms with E-state index in [-0.39, 0.29) is 0 Å². The molecule has 16 heavy (non-hydrogen) atoms. The molecule has 0 aliphatic carbocycles. The molecule has 1 heterocycles. The fourth-order valence-electron chi connectivity index (χ4n) is 1.70. The third-order valence-electron chi connectivity index (χ3n) is 2.99. The van der Waals surface area contributed by atoms with Crippen molar-refractivity contribution in [3.05, 3.63) is 17.8 Å². The molecule has 3 heteroatoms. The number of anilines is 2. The zero-order chi connectivity index (χ0) is 12.1. The first-order chi connectivity index (χ1) is 7.52. The van der Waals surface area contributed by atoms with Crippen LogP contribution in [0.3, 0.4) is 0 Å². The summed E-state index contributed by atoms with van der Waals surface area (Å²) in [6, 6.07) is 2.34. The summed E-state index contributed by atoms with van der Waals surface area (Å²) < 4.78 is 0. The van der Waals surface area contributed by atoms with Crippen LogP contribution in [0, 0.1) is 12.8 Å². The van der Waals surface area contributed by atoms with E-state index in [2.05, 4.69) is 31.1 Å². The zero-order valence-corrected chi connectivity index (χ0v) is 10.7. The minimum atomic E-state index is 0.435. The van der Waals surface area contributed by atoms with Crippen molar-refractivity contribution in [3.8, 4) is 0 Å². The van der Waals surface area contributed by atoms with E-state index in [1.807, 2.05) is 19.2 Å². The fourth-order valence-corrected chi connectivity index (χ4v) is 1.70. The molecule has 2 atom stereocenters. The highest BCUT2D eigenvalue weighted by Gasteiger charge is 2.08. The lowest BCUT2D eigenvalue weighted by atomic mass is 10.0. The van der Waals surface area contributed by atoms with Crippen LogP contribution in [0.5, 0.6) is 0 Å². The van der Waals surface area contributed by atoms with Crippen LogP contribution in [-0.4, -0.2) is 11.0 Å². The maximum atomic E-state index is 5.84. The lowest BCUT2D eigenvalue weighted by Gasteiger charge is -2.18. The van der Waals surface area contributed by atoms with Crippen molar-refractivity contribution in [2.45, 2.75) is 46.6 Å². The van der Waals surface area contributed by atoms with Crippen LogP contribution in [0.25, 0.3) is 0 Å². The van der Waals surface area contributed by atoms with Gasteiger partial charge in [-0.05, 0) is 31.7 Å². The zero-order valence-electron chi connectivity index (χ0n) is 10.7. The summed E-state index contributed by atoms with van der Waals surface area (Å²) in [6.45, 7) is 8.65. The SMILES string of the molecule is CCC(C)CC(C)Nc1cc(N)c(C)cn1. The Hall–Kier alpha value is -1.25. The monoisotopic (exact) mass is 221 g/mol. The highest BCUT2D eigenvalue weighted by atomic mass is 15.0. The first kappa shape index (κ1) is 12.8. The highest BCUT2D eigenvalue weighted by molar-refractivity contribution is 5.53. The molecule has 0 radical (unpaired) electrons. The van der Waals surface area contributed by atoms with Gasteiger partial charge in [-0.25, -0.2) is 4.98 Å². The van der Waals surface area contributed by atoms with Crippen LogP contribution < -0.4 is 11.1 Å². The molecule has 0 saturated carbocycles. The van der Waals surface area contributed by atoms with Gasteiger partial charge in [0.1, 0.15) is 5.82 Å². The van der Waals surface area contributed by atoms with Gasteiger partial charge in [0, 0.05) is 24.0 Å². The summed E-state index contributed by atoms with van der Waals surface area (Å²) in [4.78, 5) is 4.32. The van der Waals surface area contributed by atoms with E-state index < -0.39 is 0 Å². The number of pyridine rings is 1. The average Bonchev–Trinajstić information content (AvgIpc) is 2.23. The van der Waals surface area contributed by atoms with E-state index in [1.165, 1.54) is 6.42 Å². The van der Waals surface area contributed by atoms with Gasteiger partial charge in [-0.1, -0.05) is 20.3 Å². The second kappa shape index (κ2) is 5.73. The molecule has 0 amide bonds. The predicted molar refractivity (Wildman–Crippen MR) is 70.5 cm³/mol. The number of nitrogens with zero attached hydrogens (tertiary/aromatic N) is 1. The van der Waals surface area contributed by atoms with E-state index in [9.17, 15) is 0 Å². The molecule has 0 aromatic carbocycles. The van der Waals surface area contributed by atoms with Crippen molar-refractivity contribution in [2.75, 3.05) is 11.1 Å². The number of hydrogen-bond donors (Lipinski definition) is 2. The van der Waals surface area contributed by atoms with Gasteiger partial charge in [0.15, 0.2) is 0 Å². The van der Waals surface area contributed by atoms with Gasteiger partial charge in [0.25, 0.3) is 0 Å². The Kier molecular flexibility index (Phi) is 4.59. The van der Waals surface area contributed by atoms with Crippen molar-refractivity contribution in [2.24, 2.45) is 5.92 Å². The smallest absolute Gasteiger partial charge is 0.128 e. The molecule has 3 nitrogen and oxygen atoms in total. The highest BCUT2D eigenvalue weighted by Crippen LogP contribution is 2.17. The molecule has 1 aromatic heterocycles. The van der Waals surface area contributed by atoms with Gasteiger partial charge in [-0.3, -0.25) is 0 Å². The predicted octanol–water partition coefficient (Wildman–Crippen LogP) is 3.21. The molecular formula is C13H23N3. The van der Waals surface area contributed by atoms with Crippen LogP contribution in [0.4, 0.5) is 11.5 Å². The largest absolute Gasteiger partial charge is 0.398 e. The minimum Gasteiger partial charge on any atom is -0.398 e. The molecule has 0 bridgehead atoms. The standard InChI is InChI=1S/C13H23N3/c1-5-9(2)6-11(4)16-13-7-12(14)10(3)8-15-13/h7-9,11H,5-6H2,1-4H3,(H3,14,15,16). The topological polar surface area (TPSA) is 50.9 Å². The third-order valence-corrected chi connectivity index (χ3v) is 2.99. The van der Waals surface area contributed by atoms with E-state index in [0.29, 0.717) is 6.04 Å². The van der Waals surface area contributed by atoms with Gasteiger partial charge in [0.05, 0.1) is 0 Å². The van der Waals surface area contributed by atoms with Gasteiger partial charge in [-0.2, -0.15) is 0 Å². The average molecular weight is 221 g/mol. The van der Waals surface area contributed by atoms with Crippen molar-refractivity contribution in [1.29, 1.82) is 0 Å². The Bertz CT molecular complexity index is 336. The van der Waals surface area contributed by atoms with Crippen LogP contribution >= 0.6 is 0 Å². The van der Waals surface area contributed by atoms with E-state index in [0.717, 1.165) is 29.4 Å². The molecule has 0 fully saturated rings. The van der Waals surface area contributed by atoms with Crippen LogP contribution in [0.15, 0.2) is 12.3 Å². The minimum absolute atomic E-state index is 0.435. The molecule has 2 unspecified atom stereocenters. The summed E-state index contributed by atoms with van der Waals surface area (Å²) in [7, 11) is 0. The van der Waals surface area contributed by atoms with E-state index in [4.69, 9.17) is 5.73 Å². The second-order valence-electron chi connectivity index (χ2n) is 4.72. The number of rotatable bonds is 5. The van der Waals surface area contributed by atoms with Gasteiger partial charge in [0.2, 0.25) is 0 Å². The van der Waals surface area contributed by atoms with Crippen molar-refractivity contribution in [1.82, 2.24) is 4.98 Å². The first-order valence-electron chi connectivity index (χ1n) is 6.01. The van der Waals surface area contributed by atoms with Crippen LogP contribution in [-0.2, 0) is 0 Å². The van der Waals surface area contributed by atoms with Crippen molar-refractivity contribution < 1.29 is 0 Å². The Morgan fingerprint density at radius 3 is 2.69 bits per heavy atom. The lowest BCUT2D eigenvalue weighted by molar-refractivity contribution is 0.483. The maximum absolute atomic E-state index is 5.84. The Labute approximate surface area is 98.5 Å². The summed E-state index contributed by atoms with van der Waals surface area (Å²) in [5.41, 5.74) is 7.67. The van der Waals surface area contributed by atoms with E-state index >= 15 is 0 Å². The normalized spacial score (nSPS) is 14.5. The Balaban J connectivity index is 2.56. The summed E-state index contributed by atoms with van der Waals surface area (Å²) in [6.07, 6.45) is 4.19. The van der Waals surface area contributed by atoms with Crippen LogP contribution in [0.2, 0.25) is 0 Å². The number of aromatic nitrogens is 1. The quantitative estimate of drug-likeness (QED) is 0.802. The van der Waals surface area contributed by atoms with Gasteiger partial charge in [-0.15, -0.1) is 0 Å². The molecular weight excluding hydrogens is 198 g/mol. The molecule has 90 valence electrons. The lowest BCUT2D eigenvalue weighted by Crippen LogP contribution is -2.19. The number of nitrogens with two attached hydrogens (primary N) is 1. The van der Waals surface area contributed by atoms with Crippen molar-refractivity contribution >= 4 is 11.5 Å². The Morgan fingerprint density at radius 1 is 1.44 bits per heavy atom. The van der Waals surface area contributed by atoms with Gasteiger partial charge < -0.3 is 11.1 Å². The second-order valence-corrected chi connectivity index (χ2v) is 4.72. The first-order valence-corrected chi connectivity index (χ1v) is 6.01. The maximum Gasteiger partial charge on any atom is 0.128 e. The molecule has 0 saturated heterocycles. The molecule has 3 N–H and O–H groups in total. The summed E-state index contributed by atoms with van der Waals surface area (Å²) in [5, 5.41) is 3.38. The fraction of sp³-hybridized carbons (Fsp3) is 0.615. The summed E-state index contributed by atoms with van der Waals surface area (Å²) >= 11 is 0. The third kappa shape index (κ3) is 3.72. The van der Waals surface area contributed by atoms with Crippen molar-refractivity contribution in [3.63, 3.8) is 0 Å². The number of aryl methyl sites for hydroxylation is 1.